The molecule has 1 aromatic carbocycles. The number of nitrogens with one attached hydrogen (secondary N) is 1. The standard InChI is InChI=1S/C13H17ClFNO2/c14-12-2-1-11(15)7-10(12)8-16-9-13(17)3-5-18-6-4-13/h1-2,7,16-17H,3-6,8-9H2. The lowest BCUT2D eigenvalue weighted by atomic mass is 9.94. The molecule has 100 valence electrons. The SMILES string of the molecule is OC1(CNCc2cc(F)ccc2Cl)CCOCC1. The van der Waals surface area contributed by atoms with E-state index < -0.39 is 5.60 Å². The topological polar surface area (TPSA) is 41.5 Å². The van der Waals surface area contributed by atoms with Gasteiger partial charge in [0.05, 0.1) is 5.60 Å². The van der Waals surface area contributed by atoms with E-state index in [1.807, 2.05) is 0 Å². The Morgan fingerprint density at radius 2 is 2.11 bits per heavy atom. The van der Waals surface area contributed by atoms with E-state index in [0.717, 1.165) is 0 Å². The van der Waals surface area contributed by atoms with Crippen LogP contribution in [0.5, 0.6) is 0 Å². The molecule has 1 saturated heterocycles. The molecule has 0 bridgehead atoms. The van der Waals surface area contributed by atoms with Crippen molar-refractivity contribution in [3.05, 3.63) is 34.6 Å². The molecule has 1 fully saturated rings. The van der Waals surface area contributed by atoms with Crippen LogP contribution in [0.25, 0.3) is 0 Å². The van der Waals surface area contributed by atoms with Crippen molar-refractivity contribution in [2.24, 2.45) is 0 Å². The Balaban J connectivity index is 1.86. The van der Waals surface area contributed by atoms with E-state index in [-0.39, 0.29) is 5.82 Å². The number of hydrogen-bond donors (Lipinski definition) is 2. The van der Waals surface area contributed by atoms with Crippen LogP contribution in [0.2, 0.25) is 5.02 Å². The Bertz CT molecular complexity index is 408. The van der Waals surface area contributed by atoms with Crippen LogP contribution in [0, 0.1) is 5.82 Å². The Labute approximate surface area is 111 Å². The Morgan fingerprint density at radius 1 is 1.39 bits per heavy atom. The third-order valence-electron chi connectivity index (χ3n) is 3.20. The van der Waals surface area contributed by atoms with Crippen LogP contribution < -0.4 is 5.32 Å². The second-order valence-electron chi connectivity index (χ2n) is 4.68. The number of ether oxygens (including phenoxy) is 1. The smallest absolute Gasteiger partial charge is 0.123 e. The van der Waals surface area contributed by atoms with Gasteiger partial charge in [-0.3, -0.25) is 0 Å². The molecule has 0 aromatic heterocycles. The summed E-state index contributed by atoms with van der Waals surface area (Å²) in [6, 6.07) is 4.28. The summed E-state index contributed by atoms with van der Waals surface area (Å²) in [4.78, 5) is 0. The van der Waals surface area contributed by atoms with Gasteiger partial charge in [0.25, 0.3) is 0 Å². The van der Waals surface area contributed by atoms with Crippen molar-refractivity contribution in [1.29, 1.82) is 0 Å². The zero-order valence-corrected chi connectivity index (χ0v) is 10.8. The Kier molecular flexibility index (Phi) is 4.56. The molecule has 5 heteroatoms. The monoisotopic (exact) mass is 273 g/mol. The van der Waals surface area contributed by atoms with Gasteiger partial charge in [-0.05, 0) is 23.8 Å². The van der Waals surface area contributed by atoms with Gasteiger partial charge in [0.1, 0.15) is 5.82 Å². The van der Waals surface area contributed by atoms with Crippen LogP contribution in [0.3, 0.4) is 0 Å². The van der Waals surface area contributed by atoms with E-state index in [2.05, 4.69) is 5.32 Å². The maximum Gasteiger partial charge on any atom is 0.123 e. The predicted molar refractivity (Wildman–Crippen MR) is 68.1 cm³/mol. The van der Waals surface area contributed by atoms with Crippen molar-refractivity contribution in [1.82, 2.24) is 5.32 Å². The summed E-state index contributed by atoms with van der Waals surface area (Å²) in [5.74, 6) is -0.305. The highest BCUT2D eigenvalue weighted by molar-refractivity contribution is 6.31. The van der Waals surface area contributed by atoms with Crippen LogP contribution in [0.4, 0.5) is 4.39 Å². The molecular formula is C13H17ClFNO2. The van der Waals surface area contributed by atoms with E-state index in [4.69, 9.17) is 16.3 Å². The third kappa shape index (κ3) is 3.65. The van der Waals surface area contributed by atoms with Crippen molar-refractivity contribution >= 4 is 11.6 Å². The minimum atomic E-state index is -0.724. The number of rotatable bonds is 4. The second kappa shape index (κ2) is 5.97. The summed E-state index contributed by atoms with van der Waals surface area (Å²) >= 11 is 5.96. The van der Waals surface area contributed by atoms with E-state index in [0.29, 0.717) is 49.7 Å². The molecule has 1 heterocycles. The van der Waals surface area contributed by atoms with Gasteiger partial charge >= 0.3 is 0 Å². The number of hydrogen-bond acceptors (Lipinski definition) is 3. The van der Waals surface area contributed by atoms with Gasteiger partial charge in [-0.25, -0.2) is 4.39 Å². The van der Waals surface area contributed by atoms with Gasteiger partial charge in [0.15, 0.2) is 0 Å². The largest absolute Gasteiger partial charge is 0.388 e. The summed E-state index contributed by atoms with van der Waals surface area (Å²) < 4.78 is 18.3. The summed E-state index contributed by atoms with van der Waals surface area (Å²) in [6.45, 7) is 2.07. The van der Waals surface area contributed by atoms with Crippen LogP contribution in [0.1, 0.15) is 18.4 Å². The highest BCUT2D eigenvalue weighted by Gasteiger charge is 2.29. The summed E-state index contributed by atoms with van der Waals surface area (Å²) in [5.41, 5.74) is -0.0229. The Hall–Kier alpha value is -0.680. The third-order valence-corrected chi connectivity index (χ3v) is 3.57. The zero-order chi connectivity index (χ0) is 13.0. The average Bonchev–Trinajstić information content (AvgIpc) is 2.34. The van der Waals surface area contributed by atoms with Crippen LogP contribution in [-0.2, 0) is 11.3 Å². The van der Waals surface area contributed by atoms with Gasteiger partial charge in [0.2, 0.25) is 0 Å². The van der Waals surface area contributed by atoms with Gasteiger partial charge in [-0.1, -0.05) is 11.6 Å². The van der Waals surface area contributed by atoms with E-state index in [1.54, 1.807) is 0 Å². The quantitative estimate of drug-likeness (QED) is 0.883. The normalized spacial score (nSPS) is 18.8. The molecule has 1 aliphatic heterocycles. The van der Waals surface area contributed by atoms with Gasteiger partial charge in [-0.2, -0.15) is 0 Å². The van der Waals surface area contributed by atoms with E-state index >= 15 is 0 Å². The molecule has 0 saturated carbocycles. The molecule has 18 heavy (non-hydrogen) atoms. The van der Waals surface area contributed by atoms with Crippen molar-refractivity contribution in [3.8, 4) is 0 Å². The maximum atomic E-state index is 13.1. The predicted octanol–water partition coefficient (Wildman–Crippen LogP) is 2.11. The van der Waals surface area contributed by atoms with Crippen molar-refractivity contribution in [2.45, 2.75) is 25.0 Å². The molecule has 0 amide bonds. The van der Waals surface area contributed by atoms with Gasteiger partial charge in [0, 0.05) is 44.2 Å². The van der Waals surface area contributed by atoms with Crippen LogP contribution in [-0.4, -0.2) is 30.5 Å². The fraction of sp³-hybridized carbons (Fsp3) is 0.538. The zero-order valence-electron chi connectivity index (χ0n) is 10.1. The lowest BCUT2D eigenvalue weighted by molar-refractivity contribution is -0.0617. The molecule has 1 aliphatic rings. The maximum absolute atomic E-state index is 13.1. The number of benzene rings is 1. The average molecular weight is 274 g/mol. The molecule has 0 atom stereocenters. The first-order valence-electron chi connectivity index (χ1n) is 6.04. The lowest BCUT2D eigenvalue weighted by Crippen LogP contribution is -2.44. The van der Waals surface area contributed by atoms with Crippen molar-refractivity contribution < 1.29 is 14.2 Å². The Morgan fingerprint density at radius 3 is 2.83 bits per heavy atom. The fourth-order valence-corrected chi connectivity index (χ4v) is 2.22. The molecular weight excluding hydrogens is 257 g/mol. The van der Waals surface area contributed by atoms with Gasteiger partial charge in [-0.15, -0.1) is 0 Å². The molecule has 0 unspecified atom stereocenters. The lowest BCUT2D eigenvalue weighted by Gasteiger charge is -2.32. The summed E-state index contributed by atoms with van der Waals surface area (Å²) in [6.07, 6.45) is 1.24. The number of aliphatic hydroxyl groups is 1. The van der Waals surface area contributed by atoms with Crippen LogP contribution in [0.15, 0.2) is 18.2 Å². The minimum absolute atomic E-state index is 0.305. The van der Waals surface area contributed by atoms with Gasteiger partial charge < -0.3 is 15.2 Å². The van der Waals surface area contributed by atoms with Crippen molar-refractivity contribution in [3.63, 3.8) is 0 Å². The molecule has 0 radical (unpaired) electrons. The minimum Gasteiger partial charge on any atom is -0.388 e. The summed E-state index contributed by atoms with van der Waals surface area (Å²) in [7, 11) is 0. The highest BCUT2D eigenvalue weighted by atomic mass is 35.5. The second-order valence-corrected chi connectivity index (χ2v) is 5.08. The molecule has 0 aliphatic carbocycles. The molecule has 3 nitrogen and oxygen atoms in total. The highest BCUT2D eigenvalue weighted by Crippen LogP contribution is 2.20. The first-order chi connectivity index (χ1) is 8.59. The molecule has 1 aromatic rings. The molecule has 2 N–H and O–H groups in total. The first-order valence-corrected chi connectivity index (χ1v) is 6.42. The summed E-state index contributed by atoms with van der Waals surface area (Å²) in [5, 5.41) is 13.9. The first kappa shape index (κ1) is 13.7. The van der Waals surface area contributed by atoms with Crippen LogP contribution >= 0.6 is 11.6 Å². The van der Waals surface area contributed by atoms with E-state index in [1.165, 1.54) is 18.2 Å². The fourth-order valence-electron chi connectivity index (χ4n) is 2.04. The van der Waals surface area contributed by atoms with Crippen molar-refractivity contribution in [2.75, 3.05) is 19.8 Å². The molecule has 2 rings (SSSR count). The van der Waals surface area contributed by atoms with E-state index in [9.17, 15) is 9.50 Å². The number of halogens is 2. The molecule has 0 spiro atoms.